The van der Waals surface area contributed by atoms with Gasteiger partial charge in [-0.05, 0) is 32.0 Å². The van der Waals surface area contributed by atoms with Crippen molar-refractivity contribution in [1.29, 1.82) is 0 Å². The van der Waals surface area contributed by atoms with Crippen LogP contribution < -0.4 is 10.5 Å². The molecule has 5 heteroatoms. The number of ether oxygens (including phenoxy) is 1. The fourth-order valence-electron chi connectivity index (χ4n) is 1.91. The first kappa shape index (κ1) is 13.9. The highest BCUT2D eigenvalue weighted by Gasteiger charge is 2.10. The van der Waals surface area contributed by atoms with Crippen molar-refractivity contribution < 1.29 is 4.74 Å². The summed E-state index contributed by atoms with van der Waals surface area (Å²) in [5.74, 6) is 0.767. The van der Waals surface area contributed by atoms with E-state index in [2.05, 4.69) is 11.9 Å². The largest absolute Gasteiger partial charge is 0.487 e. The maximum Gasteiger partial charge on any atom is 0.130 e. The lowest BCUT2D eigenvalue weighted by Crippen LogP contribution is -2.09. The van der Waals surface area contributed by atoms with Crippen LogP contribution >= 0.6 is 11.6 Å². The molecule has 1 aromatic heterocycles. The predicted molar refractivity (Wildman–Crippen MR) is 76.3 cm³/mol. The molecule has 0 radical (unpaired) electrons. The number of hydrogen-bond acceptors (Lipinski definition) is 3. The summed E-state index contributed by atoms with van der Waals surface area (Å²) in [4.78, 5) is 4.11. The Labute approximate surface area is 118 Å². The molecular weight excluding hydrogens is 262 g/mol. The van der Waals surface area contributed by atoms with Crippen LogP contribution in [0.2, 0.25) is 5.02 Å². The zero-order chi connectivity index (χ0) is 13.8. The van der Waals surface area contributed by atoms with Crippen molar-refractivity contribution in [3.63, 3.8) is 0 Å². The summed E-state index contributed by atoms with van der Waals surface area (Å²) in [5, 5.41) is 0.665. The molecular formula is C14H18ClN3O. The summed E-state index contributed by atoms with van der Waals surface area (Å²) in [5.41, 5.74) is 7.88. The molecule has 2 rings (SSSR count). The van der Waals surface area contributed by atoms with Crippen molar-refractivity contribution in [2.24, 2.45) is 5.73 Å². The minimum absolute atomic E-state index is 0.121. The molecule has 2 N–H and O–H groups in total. The van der Waals surface area contributed by atoms with Crippen LogP contribution in [0.25, 0.3) is 0 Å². The molecule has 0 aliphatic heterocycles. The first-order chi connectivity index (χ1) is 9.11. The van der Waals surface area contributed by atoms with Crippen LogP contribution in [0, 0.1) is 0 Å². The lowest BCUT2D eigenvalue weighted by molar-refractivity contribution is 0.291. The lowest BCUT2D eigenvalue weighted by atomic mass is 10.1. The average Bonchev–Trinajstić information content (AvgIpc) is 2.84. The number of hydrogen-bond donors (Lipinski definition) is 1. The second-order valence-corrected chi connectivity index (χ2v) is 4.87. The molecule has 0 spiro atoms. The van der Waals surface area contributed by atoms with E-state index >= 15 is 0 Å². The van der Waals surface area contributed by atoms with Crippen molar-refractivity contribution in [2.75, 3.05) is 0 Å². The minimum atomic E-state index is -0.121. The standard InChI is InChI=1S/C14H18ClN3O/c1-3-18-9-17-7-12(18)8-19-14-5-4-11(15)6-13(14)10(2)16/h4-7,9-10H,3,8,16H2,1-2H3. The van der Waals surface area contributed by atoms with Gasteiger partial charge in [0.25, 0.3) is 0 Å². The number of halogens is 1. The molecule has 0 aliphatic carbocycles. The number of aromatic nitrogens is 2. The van der Waals surface area contributed by atoms with Gasteiger partial charge in [0.1, 0.15) is 12.4 Å². The first-order valence-corrected chi connectivity index (χ1v) is 6.66. The second kappa shape index (κ2) is 6.08. The van der Waals surface area contributed by atoms with E-state index in [1.165, 1.54) is 0 Å². The third-order valence-electron chi connectivity index (χ3n) is 2.98. The van der Waals surface area contributed by atoms with E-state index in [-0.39, 0.29) is 6.04 Å². The van der Waals surface area contributed by atoms with Crippen LogP contribution in [-0.2, 0) is 13.2 Å². The highest BCUT2D eigenvalue weighted by molar-refractivity contribution is 6.30. The number of imidazole rings is 1. The molecule has 1 heterocycles. The summed E-state index contributed by atoms with van der Waals surface area (Å²) in [6.07, 6.45) is 3.61. The molecule has 1 unspecified atom stereocenters. The van der Waals surface area contributed by atoms with Gasteiger partial charge < -0.3 is 15.0 Å². The van der Waals surface area contributed by atoms with Crippen molar-refractivity contribution in [2.45, 2.75) is 33.0 Å². The first-order valence-electron chi connectivity index (χ1n) is 6.28. The molecule has 1 aromatic carbocycles. The molecule has 1 atom stereocenters. The Balaban J connectivity index is 2.15. The number of rotatable bonds is 5. The summed E-state index contributed by atoms with van der Waals surface area (Å²) in [6.45, 7) is 5.32. The Kier molecular flexibility index (Phi) is 4.45. The van der Waals surface area contributed by atoms with E-state index in [1.807, 2.05) is 29.8 Å². The molecule has 0 saturated heterocycles. The topological polar surface area (TPSA) is 53.1 Å². The summed E-state index contributed by atoms with van der Waals surface area (Å²) in [7, 11) is 0. The van der Waals surface area contributed by atoms with Gasteiger partial charge in [0, 0.05) is 23.2 Å². The summed E-state index contributed by atoms with van der Waals surface area (Å²) >= 11 is 5.98. The Morgan fingerprint density at radius 2 is 2.26 bits per heavy atom. The van der Waals surface area contributed by atoms with Crippen LogP contribution in [0.1, 0.15) is 31.1 Å². The highest BCUT2D eigenvalue weighted by Crippen LogP contribution is 2.27. The minimum Gasteiger partial charge on any atom is -0.487 e. The number of benzene rings is 1. The molecule has 0 bridgehead atoms. The van der Waals surface area contributed by atoms with E-state index in [0.29, 0.717) is 11.6 Å². The second-order valence-electron chi connectivity index (χ2n) is 4.43. The third kappa shape index (κ3) is 3.28. The molecule has 0 amide bonds. The van der Waals surface area contributed by atoms with Gasteiger partial charge in [0.15, 0.2) is 0 Å². The average molecular weight is 280 g/mol. The van der Waals surface area contributed by atoms with Crippen LogP contribution in [0.3, 0.4) is 0 Å². The van der Waals surface area contributed by atoms with Crippen molar-refractivity contribution >= 4 is 11.6 Å². The van der Waals surface area contributed by atoms with Gasteiger partial charge in [-0.2, -0.15) is 0 Å². The monoisotopic (exact) mass is 279 g/mol. The third-order valence-corrected chi connectivity index (χ3v) is 3.21. The normalized spacial score (nSPS) is 12.4. The van der Waals surface area contributed by atoms with Crippen LogP contribution in [0.5, 0.6) is 5.75 Å². The number of aryl methyl sites for hydroxylation is 1. The number of nitrogens with two attached hydrogens (primary N) is 1. The smallest absolute Gasteiger partial charge is 0.130 e. The van der Waals surface area contributed by atoms with E-state index in [4.69, 9.17) is 22.1 Å². The van der Waals surface area contributed by atoms with E-state index in [9.17, 15) is 0 Å². The van der Waals surface area contributed by atoms with Crippen LogP contribution in [0.15, 0.2) is 30.7 Å². The van der Waals surface area contributed by atoms with Gasteiger partial charge in [-0.25, -0.2) is 4.98 Å². The highest BCUT2D eigenvalue weighted by atomic mass is 35.5. The predicted octanol–water partition coefficient (Wildman–Crippen LogP) is 3.16. The molecule has 2 aromatic rings. The van der Waals surface area contributed by atoms with Crippen LogP contribution in [-0.4, -0.2) is 9.55 Å². The fraction of sp³-hybridized carbons (Fsp3) is 0.357. The molecule has 0 fully saturated rings. The van der Waals surface area contributed by atoms with Crippen molar-refractivity contribution in [1.82, 2.24) is 9.55 Å². The van der Waals surface area contributed by atoms with Gasteiger partial charge in [0.05, 0.1) is 18.2 Å². The summed E-state index contributed by atoms with van der Waals surface area (Å²) in [6, 6.07) is 5.39. The molecule has 19 heavy (non-hydrogen) atoms. The Hall–Kier alpha value is -1.52. The van der Waals surface area contributed by atoms with Crippen LogP contribution in [0.4, 0.5) is 0 Å². The van der Waals surface area contributed by atoms with E-state index in [1.54, 1.807) is 12.4 Å². The maximum absolute atomic E-state index is 5.98. The number of nitrogens with zero attached hydrogens (tertiary/aromatic N) is 2. The fourth-order valence-corrected chi connectivity index (χ4v) is 2.09. The quantitative estimate of drug-likeness (QED) is 0.915. The lowest BCUT2D eigenvalue weighted by Gasteiger charge is -2.14. The Bertz CT molecular complexity index is 551. The molecule has 0 aliphatic rings. The van der Waals surface area contributed by atoms with E-state index in [0.717, 1.165) is 23.6 Å². The van der Waals surface area contributed by atoms with Crippen molar-refractivity contribution in [3.8, 4) is 5.75 Å². The Morgan fingerprint density at radius 3 is 2.95 bits per heavy atom. The van der Waals surface area contributed by atoms with Gasteiger partial charge in [-0.1, -0.05) is 11.6 Å². The zero-order valence-corrected chi connectivity index (χ0v) is 11.9. The Morgan fingerprint density at radius 1 is 1.47 bits per heavy atom. The van der Waals surface area contributed by atoms with Gasteiger partial charge in [-0.15, -0.1) is 0 Å². The molecule has 4 nitrogen and oxygen atoms in total. The maximum atomic E-state index is 5.98. The SMILES string of the molecule is CCn1cncc1COc1ccc(Cl)cc1C(C)N. The molecule has 0 saturated carbocycles. The zero-order valence-electron chi connectivity index (χ0n) is 11.1. The van der Waals surface area contributed by atoms with E-state index < -0.39 is 0 Å². The van der Waals surface area contributed by atoms with Crippen molar-refractivity contribution in [3.05, 3.63) is 47.0 Å². The molecule has 102 valence electrons. The van der Waals surface area contributed by atoms with Gasteiger partial charge >= 0.3 is 0 Å². The van der Waals surface area contributed by atoms with Gasteiger partial charge in [0.2, 0.25) is 0 Å². The van der Waals surface area contributed by atoms with Gasteiger partial charge in [-0.3, -0.25) is 0 Å². The summed E-state index contributed by atoms with van der Waals surface area (Å²) < 4.78 is 7.88.